The fourth-order valence-electron chi connectivity index (χ4n) is 1.01. The molecule has 1 aliphatic heterocycles. The zero-order valence-corrected chi connectivity index (χ0v) is 6.21. The average Bonchev–Trinajstić information content (AvgIpc) is 2.13. The van der Waals surface area contributed by atoms with Crippen molar-refractivity contribution in [3.63, 3.8) is 0 Å². The van der Waals surface area contributed by atoms with Gasteiger partial charge in [0, 0.05) is 19.3 Å². The minimum atomic E-state index is 0.149. The van der Waals surface area contributed by atoms with E-state index in [0.29, 0.717) is 6.54 Å². The first-order chi connectivity index (χ1) is 4.84. The van der Waals surface area contributed by atoms with Gasteiger partial charge >= 0.3 is 0 Å². The molecule has 0 radical (unpaired) electrons. The third kappa shape index (κ3) is 1.56. The van der Waals surface area contributed by atoms with Gasteiger partial charge in [0.15, 0.2) is 0 Å². The van der Waals surface area contributed by atoms with Gasteiger partial charge in [-0.3, -0.25) is 9.79 Å². The topological polar surface area (TPSA) is 32.7 Å². The predicted octanol–water partition coefficient (Wildman–Crippen LogP) is 0.309. The van der Waals surface area contributed by atoms with Gasteiger partial charge < -0.3 is 4.90 Å². The Morgan fingerprint density at radius 3 is 3.30 bits per heavy atom. The molecule has 0 aromatic rings. The third-order valence-corrected chi connectivity index (χ3v) is 1.62. The summed E-state index contributed by atoms with van der Waals surface area (Å²) in [4.78, 5) is 16.8. The third-order valence-electron chi connectivity index (χ3n) is 1.62. The van der Waals surface area contributed by atoms with E-state index in [1.165, 1.54) is 0 Å². The molecule has 1 rings (SSSR count). The number of aliphatic imine (C=N–C) groups is 1. The molecule has 1 aliphatic rings. The van der Waals surface area contributed by atoms with E-state index in [1.807, 2.05) is 18.0 Å². The van der Waals surface area contributed by atoms with Gasteiger partial charge in [-0.2, -0.15) is 0 Å². The predicted molar refractivity (Wildman–Crippen MR) is 40.2 cm³/mol. The molecule has 0 aromatic heterocycles. The first kappa shape index (κ1) is 7.25. The molecule has 3 heteroatoms. The van der Waals surface area contributed by atoms with Gasteiger partial charge in [0.25, 0.3) is 0 Å². The zero-order chi connectivity index (χ0) is 7.40. The molecule has 10 heavy (non-hydrogen) atoms. The highest BCUT2D eigenvalue weighted by Crippen LogP contribution is 1.95. The lowest BCUT2D eigenvalue weighted by Crippen LogP contribution is -2.32. The van der Waals surface area contributed by atoms with Crippen LogP contribution in [0.3, 0.4) is 0 Å². The van der Waals surface area contributed by atoms with E-state index in [-0.39, 0.29) is 5.91 Å². The van der Waals surface area contributed by atoms with Crippen LogP contribution < -0.4 is 0 Å². The molecular formula is C7H12N2O. The maximum atomic E-state index is 11.1. The highest BCUT2D eigenvalue weighted by Gasteiger charge is 2.10. The van der Waals surface area contributed by atoms with Crippen molar-refractivity contribution in [3.05, 3.63) is 0 Å². The molecular weight excluding hydrogens is 128 g/mol. The molecule has 1 heterocycles. The Balaban J connectivity index is 2.51. The van der Waals surface area contributed by atoms with E-state index >= 15 is 0 Å². The number of likely N-dealkylation sites (N-methyl/N-ethyl adjacent to an activating group) is 1. The quantitative estimate of drug-likeness (QED) is 0.516. The van der Waals surface area contributed by atoms with Crippen LogP contribution in [0.15, 0.2) is 4.99 Å². The van der Waals surface area contributed by atoms with Crippen LogP contribution in [-0.4, -0.2) is 36.7 Å². The summed E-state index contributed by atoms with van der Waals surface area (Å²) in [6.07, 6.45) is 2.73. The molecule has 3 nitrogen and oxygen atoms in total. The SMILES string of the molecule is CCN1CCC=NCC1=O. The number of rotatable bonds is 1. The molecule has 0 aromatic carbocycles. The summed E-state index contributed by atoms with van der Waals surface area (Å²) >= 11 is 0. The number of hydrogen-bond donors (Lipinski definition) is 0. The smallest absolute Gasteiger partial charge is 0.244 e. The van der Waals surface area contributed by atoms with Gasteiger partial charge in [-0.15, -0.1) is 0 Å². The molecule has 0 aliphatic carbocycles. The summed E-state index contributed by atoms with van der Waals surface area (Å²) in [6.45, 7) is 3.97. The van der Waals surface area contributed by atoms with E-state index in [9.17, 15) is 4.79 Å². The molecule has 56 valence electrons. The Labute approximate surface area is 60.7 Å². The molecule has 0 saturated heterocycles. The van der Waals surface area contributed by atoms with Crippen LogP contribution >= 0.6 is 0 Å². The lowest BCUT2D eigenvalue weighted by Gasteiger charge is -2.16. The van der Waals surface area contributed by atoms with Crippen molar-refractivity contribution in [2.24, 2.45) is 4.99 Å². The Hall–Kier alpha value is -0.860. The minimum Gasteiger partial charge on any atom is -0.341 e. The van der Waals surface area contributed by atoms with Gasteiger partial charge in [-0.05, 0) is 13.3 Å². The lowest BCUT2D eigenvalue weighted by atomic mass is 10.4. The van der Waals surface area contributed by atoms with Gasteiger partial charge in [0.2, 0.25) is 5.91 Å². The first-order valence-electron chi connectivity index (χ1n) is 3.60. The molecule has 0 fully saturated rings. The summed E-state index contributed by atoms with van der Waals surface area (Å²) in [5, 5.41) is 0. The van der Waals surface area contributed by atoms with Crippen LogP contribution in [0, 0.1) is 0 Å². The second-order valence-electron chi connectivity index (χ2n) is 2.29. The Bertz CT molecular complexity index is 154. The van der Waals surface area contributed by atoms with Crippen LogP contribution in [0.5, 0.6) is 0 Å². The van der Waals surface area contributed by atoms with Crippen molar-refractivity contribution in [2.75, 3.05) is 19.6 Å². The number of amides is 1. The Morgan fingerprint density at radius 1 is 1.80 bits per heavy atom. The lowest BCUT2D eigenvalue weighted by molar-refractivity contribution is -0.129. The molecule has 0 spiro atoms. The normalized spacial score (nSPS) is 19.3. The molecule has 0 unspecified atom stereocenters. The van der Waals surface area contributed by atoms with E-state index in [2.05, 4.69) is 4.99 Å². The molecule has 0 bridgehead atoms. The van der Waals surface area contributed by atoms with E-state index in [0.717, 1.165) is 19.5 Å². The highest BCUT2D eigenvalue weighted by molar-refractivity contribution is 5.81. The van der Waals surface area contributed by atoms with Crippen molar-refractivity contribution in [1.29, 1.82) is 0 Å². The van der Waals surface area contributed by atoms with Gasteiger partial charge in [-0.25, -0.2) is 0 Å². The summed E-state index contributed by atoms with van der Waals surface area (Å²) in [5.74, 6) is 0.149. The van der Waals surface area contributed by atoms with Crippen molar-refractivity contribution in [3.8, 4) is 0 Å². The molecule has 0 atom stereocenters. The largest absolute Gasteiger partial charge is 0.341 e. The van der Waals surface area contributed by atoms with E-state index < -0.39 is 0 Å². The minimum absolute atomic E-state index is 0.149. The average molecular weight is 140 g/mol. The first-order valence-corrected chi connectivity index (χ1v) is 3.60. The molecule has 0 saturated carbocycles. The van der Waals surface area contributed by atoms with Crippen LogP contribution in [0.25, 0.3) is 0 Å². The second kappa shape index (κ2) is 3.34. The maximum Gasteiger partial charge on any atom is 0.244 e. The Morgan fingerprint density at radius 2 is 2.60 bits per heavy atom. The number of carbonyl (C=O) groups excluding carboxylic acids is 1. The van der Waals surface area contributed by atoms with Gasteiger partial charge in [-0.1, -0.05) is 0 Å². The number of carbonyl (C=O) groups is 1. The zero-order valence-electron chi connectivity index (χ0n) is 6.21. The monoisotopic (exact) mass is 140 g/mol. The second-order valence-corrected chi connectivity index (χ2v) is 2.29. The standard InChI is InChI=1S/C7H12N2O/c1-2-9-5-3-4-8-6-7(9)10/h4H,2-3,5-6H2,1H3. The summed E-state index contributed by atoms with van der Waals surface area (Å²) in [6, 6.07) is 0. The highest BCUT2D eigenvalue weighted by atomic mass is 16.2. The Kier molecular flexibility index (Phi) is 2.42. The van der Waals surface area contributed by atoms with Crippen LogP contribution in [-0.2, 0) is 4.79 Å². The van der Waals surface area contributed by atoms with Crippen molar-refractivity contribution in [1.82, 2.24) is 4.90 Å². The van der Waals surface area contributed by atoms with E-state index in [1.54, 1.807) is 0 Å². The van der Waals surface area contributed by atoms with Crippen LogP contribution in [0.2, 0.25) is 0 Å². The number of nitrogens with zero attached hydrogens (tertiary/aromatic N) is 2. The van der Waals surface area contributed by atoms with Crippen molar-refractivity contribution in [2.45, 2.75) is 13.3 Å². The van der Waals surface area contributed by atoms with Crippen LogP contribution in [0.4, 0.5) is 0 Å². The summed E-state index contributed by atoms with van der Waals surface area (Å²) in [5.41, 5.74) is 0. The maximum absolute atomic E-state index is 11.1. The fourth-order valence-corrected chi connectivity index (χ4v) is 1.01. The number of hydrogen-bond acceptors (Lipinski definition) is 2. The molecule has 1 amide bonds. The molecule has 0 N–H and O–H groups in total. The van der Waals surface area contributed by atoms with Gasteiger partial charge in [0.05, 0.1) is 0 Å². The summed E-state index contributed by atoms with van der Waals surface area (Å²) in [7, 11) is 0. The van der Waals surface area contributed by atoms with Crippen molar-refractivity contribution >= 4 is 12.1 Å². The van der Waals surface area contributed by atoms with Crippen molar-refractivity contribution < 1.29 is 4.79 Å². The van der Waals surface area contributed by atoms with E-state index in [4.69, 9.17) is 0 Å². The van der Waals surface area contributed by atoms with Gasteiger partial charge in [0.1, 0.15) is 6.54 Å². The summed E-state index contributed by atoms with van der Waals surface area (Å²) < 4.78 is 0. The van der Waals surface area contributed by atoms with Crippen LogP contribution in [0.1, 0.15) is 13.3 Å². The fraction of sp³-hybridized carbons (Fsp3) is 0.714.